The number of pyridine rings is 1. The predicted octanol–water partition coefficient (Wildman–Crippen LogP) is 1.73. The number of hydrogen-bond donors (Lipinski definition) is 2. The van der Waals surface area contributed by atoms with Gasteiger partial charge in [0.2, 0.25) is 17.7 Å². The third kappa shape index (κ3) is 5.54. The number of aromatic nitrogens is 1. The van der Waals surface area contributed by atoms with Crippen LogP contribution in [0.1, 0.15) is 38.7 Å². The van der Waals surface area contributed by atoms with Crippen LogP contribution in [0.15, 0.2) is 18.3 Å². The molecule has 142 valence electrons. The van der Waals surface area contributed by atoms with E-state index in [1.807, 2.05) is 26.8 Å². The van der Waals surface area contributed by atoms with E-state index < -0.39 is 0 Å². The monoisotopic (exact) mass is 360 g/mol. The second-order valence-electron chi connectivity index (χ2n) is 6.92. The second kappa shape index (κ2) is 9.31. The van der Waals surface area contributed by atoms with Crippen LogP contribution in [-0.2, 0) is 14.4 Å². The Morgan fingerprint density at radius 3 is 2.77 bits per heavy atom. The molecular weight excluding hydrogens is 332 g/mol. The van der Waals surface area contributed by atoms with Gasteiger partial charge in [0.15, 0.2) is 0 Å². The Labute approximate surface area is 154 Å². The van der Waals surface area contributed by atoms with E-state index in [-0.39, 0.29) is 36.1 Å². The molecule has 3 amide bonds. The van der Waals surface area contributed by atoms with Crippen molar-refractivity contribution < 1.29 is 14.4 Å². The topological polar surface area (TPSA) is 91.4 Å². The van der Waals surface area contributed by atoms with Gasteiger partial charge in [0.25, 0.3) is 0 Å². The van der Waals surface area contributed by atoms with E-state index in [1.165, 1.54) is 0 Å². The van der Waals surface area contributed by atoms with Crippen molar-refractivity contribution in [2.75, 3.05) is 25.0 Å². The molecule has 2 atom stereocenters. The van der Waals surface area contributed by atoms with Crippen molar-refractivity contribution >= 4 is 23.5 Å². The molecule has 2 rings (SSSR count). The first-order valence-corrected chi connectivity index (χ1v) is 9.19. The van der Waals surface area contributed by atoms with E-state index in [0.29, 0.717) is 18.9 Å². The third-order valence-electron chi connectivity index (χ3n) is 4.78. The summed E-state index contributed by atoms with van der Waals surface area (Å²) in [6.07, 6.45) is 3.94. The number of piperidine rings is 1. The number of aryl methyl sites for hydroxylation is 1. The fourth-order valence-electron chi connectivity index (χ4n) is 2.82. The minimum atomic E-state index is -0.263. The maximum Gasteiger partial charge on any atom is 0.241 e. The number of carbonyl (C=O) groups excluding carboxylic acids is 3. The Balaban J connectivity index is 1.85. The smallest absolute Gasteiger partial charge is 0.241 e. The van der Waals surface area contributed by atoms with Crippen molar-refractivity contribution in [1.29, 1.82) is 0 Å². The first-order chi connectivity index (χ1) is 12.4. The Kier molecular flexibility index (Phi) is 7.12. The van der Waals surface area contributed by atoms with E-state index in [2.05, 4.69) is 15.6 Å². The summed E-state index contributed by atoms with van der Waals surface area (Å²) in [5, 5.41) is 5.49. The maximum atomic E-state index is 12.5. The molecule has 0 saturated carbocycles. The summed E-state index contributed by atoms with van der Waals surface area (Å²) in [4.78, 5) is 42.4. The highest BCUT2D eigenvalue weighted by Crippen LogP contribution is 2.18. The number of nitrogens with one attached hydrogen (secondary N) is 2. The second-order valence-corrected chi connectivity index (χ2v) is 6.92. The first kappa shape index (κ1) is 19.9. The standard InChI is InChI=1S/C19H28N4O3/c1-4-14(3)18(25)21-11-17(24)23-9-5-6-15(12-23)19(26)22-16-8-7-13(2)10-20-16/h7-8,10,14-15H,4-6,9,11-12H2,1-3H3,(H,21,25)(H,20,22,26). The predicted molar refractivity (Wildman–Crippen MR) is 99.4 cm³/mol. The van der Waals surface area contributed by atoms with Crippen molar-refractivity contribution in [3.8, 4) is 0 Å². The van der Waals surface area contributed by atoms with Gasteiger partial charge in [-0.2, -0.15) is 0 Å². The zero-order valence-corrected chi connectivity index (χ0v) is 15.7. The van der Waals surface area contributed by atoms with Gasteiger partial charge in [-0.05, 0) is 37.8 Å². The highest BCUT2D eigenvalue weighted by atomic mass is 16.2. The van der Waals surface area contributed by atoms with Crippen LogP contribution in [0.5, 0.6) is 0 Å². The summed E-state index contributed by atoms with van der Waals surface area (Å²) in [5.74, 6) is -0.233. The molecule has 2 N–H and O–H groups in total. The van der Waals surface area contributed by atoms with Crippen molar-refractivity contribution in [1.82, 2.24) is 15.2 Å². The van der Waals surface area contributed by atoms with Crippen LogP contribution in [0.3, 0.4) is 0 Å². The van der Waals surface area contributed by atoms with Gasteiger partial charge in [0.1, 0.15) is 5.82 Å². The van der Waals surface area contributed by atoms with Gasteiger partial charge < -0.3 is 15.5 Å². The molecule has 1 aliphatic heterocycles. The molecule has 0 aromatic carbocycles. The molecule has 1 aromatic rings. The molecule has 1 aliphatic rings. The molecule has 2 unspecified atom stereocenters. The fraction of sp³-hybridized carbons (Fsp3) is 0.579. The summed E-state index contributed by atoms with van der Waals surface area (Å²) >= 11 is 0. The largest absolute Gasteiger partial charge is 0.347 e. The minimum Gasteiger partial charge on any atom is -0.347 e. The molecule has 1 saturated heterocycles. The Morgan fingerprint density at radius 1 is 1.35 bits per heavy atom. The van der Waals surface area contributed by atoms with Gasteiger partial charge >= 0.3 is 0 Å². The van der Waals surface area contributed by atoms with Crippen LogP contribution in [0, 0.1) is 18.8 Å². The Bertz CT molecular complexity index is 645. The number of nitrogens with zero attached hydrogens (tertiary/aromatic N) is 2. The number of likely N-dealkylation sites (tertiary alicyclic amines) is 1. The Hall–Kier alpha value is -2.44. The average molecular weight is 360 g/mol. The number of carbonyl (C=O) groups is 3. The summed E-state index contributed by atoms with van der Waals surface area (Å²) in [6, 6.07) is 3.66. The fourth-order valence-corrected chi connectivity index (χ4v) is 2.82. The molecule has 1 fully saturated rings. The lowest BCUT2D eigenvalue weighted by molar-refractivity contribution is -0.136. The lowest BCUT2D eigenvalue weighted by atomic mass is 9.97. The number of rotatable bonds is 6. The molecule has 0 radical (unpaired) electrons. The maximum absolute atomic E-state index is 12.5. The molecule has 26 heavy (non-hydrogen) atoms. The molecule has 1 aromatic heterocycles. The van der Waals surface area contributed by atoms with Gasteiger partial charge in [0.05, 0.1) is 12.5 Å². The van der Waals surface area contributed by atoms with Gasteiger partial charge in [-0.3, -0.25) is 14.4 Å². The molecular formula is C19H28N4O3. The van der Waals surface area contributed by atoms with Crippen molar-refractivity contribution in [3.63, 3.8) is 0 Å². The van der Waals surface area contributed by atoms with E-state index >= 15 is 0 Å². The normalized spacial score (nSPS) is 18.1. The summed E-state index contributed by atoms with van der Waals surface area (Å²) in [7, 11) is 0. The zero-order valence-electron chi connectivity index (χ0n) is 15.7. The third-order valence-corrected chi connectivity index (χ3v) is 4.78. The lowest BCUT2D eigenvalue weighted by Crippen LogP contribution is -2.47. The van der Waals surface area contributed by atoms with E-state index in [4.69, 9.17) is 0 Å². The SMILES string of the molecule is CCC(C)C(=O)NCC(=O)N1CCCC(C(=O)Nc2ccc(C)cn2)C1. The van der Waals surface area contributed by atoms with Crippen LogP contribution in [0.2, 0.25) is 0 Å². The summed E-state index contributed by atoms with van der Waals surface area (Å²) in [6.45, 7) is 6.67. The molecule has 7 heteroatoms. The van der Waals surface area contributed by atoms with Crippen LogP contribution < -0.4 is 10.6 Å². The highest BCUT2D eigenvalue weighted by Gasteiger charge is 2.28. The molecule has 0 aliphatic carbocycles. The van der Waals surface area contributed by atoms with Crippen molar-refractivity contribution in [2.45, 2.75) is 40.0 Å². The van der Waals surface area contributed by atoms with Gasteiger partial charge in [-0.15, -0.1) is 0 Å². The van der Waals surface area contributed by atoms with Crippen molar-refractivity contribution in [2.24, 2.45) is 11.8 Å². The quantitative estimate of drug-likeness (QED) is 0.808. The number of amides is 3. The molecule has 2 heterocycles. The van der Waals surface area contributed by atoms with E-state index in [9.17, 15) is 14.4 Å². The number of anilines is 1. The highest BCUT2D eigenvalue weighted by molar-refractivity contribution is 5.92. The van der Waals surface area contributed by atoms with E-state index in [1.54, 1.807) is 17.2 Å². The molecule has 0 spiro atoms. The van der Waals surface area contributed by atoms with Crippen LogP contribution in [-0.4, -0.2) is 47.2 Å². The lowest BCUT2D eigenvalue weighted by Gasteiger charge is -2.32. The van der Waals surface area contributed by atoms with Crippen LogP contribution in [0.25, 0.3) is 0 Å². The molecule has 0 bridgehead atoms. The van der Waals surface area contributed by atoms with Crippen molar-refractivity contribution in [3.05, 3.63) is 23.9 Å². The van der Waals surface area contributed by atoms with Gasteiger partial charge in [0, 0.05) is 25.2 Å². The van der Waals surface area contributed by atoms with Gasteiger partial charge in [-0.25, -0.2) is 4.98 Å². The van der Waals surface area contributed by atoms with Gasteiger partial charge in [-0.1, -0.05) is 19.9 Å². The summed E-state index contributed by atoms with van der Waals surface area (Å²) in [5.41, 5.74) is 1.02. The number of hydrogen-bond acceptors (Lipinski definition) is 4. The average Bonchev–Trinajstić information content (AvgIpc) is 2.66. The Morgan fingerprint density at radius 2 is 2.12 bits per heavy atom. The molecule has 7 nitrogen and oxygen atoms in total. The first-order valence-electron chi connectivity index (χ1n) is 9.19. The van der Waals surface area contributed by atoms with E-state index in [0.717, 1.165) is 24.8 Å². The van der Waals surface area contributed by atoms with Crippen LogP contribution in [0.4, 0.5) is 5.82 Å². The zero-order chi connectivity index (χ0) is 19.1. The minimum absolute atomic E-state index is 0.0168. The summed E-state index contributed by atoms with van der Waals surface area (Å²) < 4.78 is 0. The van der Waals surface area contributed by atoms with Crippen LogP contribution >= 0.6 is 0 Å².